The van der Waals surface area contributed by atoms with E-state index < -0.39 is 15.9 Å². The number of ether oxygens (including phenoxy) is 2. The van der Waals surface area contributed by atoms with E-state index in [1.165, 1.54) is 0 Å². The van der Waals surface area contributed by atoms with Crippen LogP contribution >= 0.6 is 0 Å². The zero-order valence-electron chi connectivity index (χ0n) is 23.2. The Bertz CT molecular complexity index is 1350. The third kappa shape index (κ3) is 6.67. The normalized spacial score (nSPS) is 12.2. The van der Waals surface area contributed by atoms with E-state index >= 15 is 0 Å². The summed E-state index contributed by atoms with van der Waals surface area (Å²) in [7, 11) is -2.36. The quantitative estimate of drug-likeness (QED) is 0.328. The lowest BCUT2D eigenvalue weighted by molar-refractivity contribution is -0.120. The molecule has 7 nitrogen and oxygen atoms in total. The van der Waals surface area contributed by atoms with E-state index in [0.29, 0.717) is 18.0 Å². The van der Waals surface area contributed by atoms with Crippen molar-refractivity contribution in [2.45, 2.75) is 58.4 Å². The molecule has 0 saturated heterocycles. The van der Waals surface area contributed by atoms with Gasteiger partial charge in [0.25, 0.3) is 10.0 Å². The van der Waals surface area contributed by atoms with Crippen LogP contribution in [0.25, 0.3) is 0 Å². The lowest BCUT2D eigenvalue weighted by atomic mass is 9.93. The molecule has 1 amide bonds. The first-order valence-electron chi connectivity index (χ1n) is 12.8. The minimum atomic E-state index is -4.01. The lowest BCUT2D eigenvalue weighted by Crippen LogP contribution is -2.41. The minimum Gasteiger partial charge on any atom is -0.496 e. The van der Waals surface area contributed by atoms with E-state index in [4.69, 9.17) is 9.47 Å². The van der Waals surface area contributed by atoms with Crippen LogP contribution in [0.15, 0.2) is 65.6 Å². The SMILES string of the molecule is CCOc1ccc(N(CC(=O)N[C@H](C)c2cc(C(C)C)c(OC)cc2C)S(=O)(=O)c2ccc(C)cc2)cc1. The predicted molar refractivity (Wildman–Crippen MR) is 152 cm³/mol. The van der Waals surface area contributed by atoms with Crippen molar-refractivity contribution in [1.29, 1.82) is 0 Å². The molecule has 3 rings (SSSR count). The largest absolute Gasteiger partial charge is 0.496 e. The number of carbonyl (C=O) groups excluding carboxylic acids is 1. The fourth-order valence-corrected chi connectivity index (χ4v) is 5.75. The summed E-state index contributed by atoms with van der Waals surface area (Å²) in [6, 6.07) is 17.0. The second kappa shape index (κ2) is 12.3. The van der Waals surface area contributed by atoms with Gasteiger partial charge in [-0.3, -0.25) is 9.10 Å². The van der Waals surface area contributed by atoms with Crippen molar-refractivity contribution in [3.63, 3.8) is 0 Å². The number of amides is 1. The first-order valence-corrected chi connectivity index (χ1v) is 14.2. The Balaban J connectivity index is 1.92. The van der Waals surface area contributed by atoms with Crippen molar-refractivity contribution in [3.8, 4) is 11.5 Å². The van der Waals surface area contributed by atoms with Gasteiger partial charge < -0.3 is 14.8 Å². The summed E-state index contributed by atoms with van der Waals surface area (Å²) in [5.74, 6) is 1.26. The maximum atomic E-state index is 13.7. The van der Waals surface area contributed by atoms with Gasteiger partial charge in [0.15, 0.2) is 0 Å². The standard InChI is InChI=1S/C30H38N2O5S/c1-8-37-25-13-11-24(12-14-25)32(38(34,35)26-15-9-21(4)10-16-26)19-30(33)31-23(6)28-18-27(20(2)3)29(36-7)17-22(28)5/h9-18,20,23H,8,19H2,1-7H3,(H,31,33)/t23-/m1/s1. The van der Waals surface area contributed by atoms with Crippen molar-refractivity contribution >= 4 is 21.6 Å². The topological polar surface area (TPSA) is 84.9 Å². The van der Waals surface area contributed by atoms with Gasteiger partial charge >= 0.3 is 0 Å². The number of aryl methyl sites for hydroxylation is 2. The van der Waals surface area contributed by atoms with Crippen LogP contribution in [0, 0.1) is 13.8 Å². The second-order valence-electron chi connectivity index (χ2n) is 9.65. The van der Waals surface area contributed by atoms with Gasteiger partial charge in [0, 0.05) is 0 Å². The number of nitrogens with one attached hydrogen (secondary N) is 1. The zero-order chi connectivity index (χ0) is 28.0. The summed E-state index contributed by atoms with van der Waals surface area (Å²) in [6.45, 7) is 11.9. The van der Waals surface area contributed by atoms with Gasteiger partial charge in [0.05, 0.1) is 30.3 Å². The van der Waals surface area contributed by atoms with Gasteiger partial charge in [-0.05, 0) is 98.8 Å². The third-order valence-electron chi connectivity index (χ3n) is 6.42. The molecule has 0 aromatic heterocycles. The molecular weight excluding hydrogens is 500 g/mol. The van der Waals surface area contributed by atoms with Crippen LogP contribution < -0.4 is 19.1 Å². The molecule has 0 fully saturated rings. The smallest absolute Gasteiger partial charge is 0.264 e. The van der Waals surface area contributed by atoms with E-state index in [9.17, 15) is 13.2 Å². The number of hydrogen-bond donors (Lipinski definition) is 1. The zero-order valence-corrected chi connectivity index (χ0v) is 24.1. The van der Waals surface area contributed by atoms with E-state index in [1.807, 2.05) is 33.8 Å². The highest BCUT2D eigenvalue weighted by Crippen LogP contribution is 2.32. The molecule has 0 aliphatic carbocycles. The van der Waals surface area contributed by atoms with Gasteiger partial charge in [0.1, 0.15) is 18.0 Å². The molecule has 0 heterocycles. The van der Waals surface area contributed by atoms with E-state index in [0.717, 1.165) is 32.3 Å². The van der Waals surface area contributed by atoms with Crippen molar-refractivity contribution in [1.82, 2.24) is 5.32 Å². The number of anilines is 1. The molecule has 0 aliphatic rings. The summed E-state index contributed by atoms with van der Waals surface area (Å²) < 4.78 is 39.6. The lowest BCUT2D eigenvalue weighted by Gasteiger charge is -2.26. The number of sulfonamides is 1. The van der Waals surface area contributed by atoms with Crippen molar-refractivity contribution in [2.24, 2.45) is 0 Å². The Morgan fingerprint density at radius 1 is 0.947 bits per heavy atom. The van der Waals surface area contributed by atoms with Gasteiger partial charge in [0.2, 0.25) is 5.91 Å². The van der Waals surface area contributed by atoms with Crippen LogP contribution in [-0.4, -0.2) is 34.6 Å². The summed E-state index contributed by atoms with van der Waals surface area (Å²) in [4.78, 5) is 13.4. The van der Waals surface area contributed by atoms with Crippen LogP contribution in [0.3, 0.4) is 0 Å². The second-order valence-corrected chi connectivity index (χ2v) is 11.5. The molecule has 0 radical (unpaired) electrons. The molecule has 3 aromatic rings. The third-order valence-corrected chi connectivity index (χ3v) is 8.20. The Kier molecular flexibility index (Phi) is 9.44. The Hall–Kier alpha value is -3.52. The summed E-state index contributed by atoms with van der Waals surface area (Å²) >= 11 is 0. The molecule has 0 saturated carbocycles. The molecule has 0 spiro atoms. The number of hydrogen-bond acceptors (Lipinski definition) is 5. The van der Waals surface area contributed by atoms with Crippen LogP contribution in [0.5, 0.6) is 11.5 Å². The summed E-state index contributed by atoms with van der Waals surface area (Å²) in [6.07, 6.45) is 0. The molecule has 204 valence electrons. The Morgan fingerprint density at radius 3 is 2.13 bits per heavy atom. The highest BCUT2D eigenvalue weighted by Gasteiger charge is 2.28. The average Bonchev–Trinajstić information content (AvgIpc) is 2.87. The number of nitrogens with zero attached hydrogens (tertiary/aromatic N) is 1. The van der Waals surface area contributed by atoms with Crippen LogP contribution in [0.1, 0.15) is 61.9 Å². The van der Waals surface area contributed by atoms with E-state index in [1.54, 1.807) is 55.6 Å². The molecular formula is C30H38N2O5S. The molecule has 0 unspecified atom stereocenters. The molecule has 0 bridgehead atoms. The van der Waals surface area contributed by atoms with Crippen LogP contribution in [0.4, 0.5) is 5.69 Å². The molecule has 8 heteroatoms. The number of carbonyl (C=O) groups is 1. The molecule has 3 aromatic carbocycles. The fourth-order valence-electron chi connectivity index (χ4n) is 4.33. The highest BCUT2D eigenvalue weighted by atomic mass is 32.2. The maximum absolute atomic E-state index is 13.7. The van der Waals surface area contributed by atoms with Gasteiger partial charge in [-0.1, -0.05) is 31.5 Å². The monoisotopic (exact) mass is 538 g/mol. The fraction of sp³-hybridized carbons (Fsp3) is 0.367. The average molecular weight is 539 g/mol. The van der Waals surface area contributed by atoms with Crippen molar-refractivity contribution < 1.29 is 22.7 Å². The van der Waals surface area contributed by atoms with Gasteiger partial charge in [-0.15, -0.1) is 0 Å². The highest BCUT2D eigenvalue weighted by molar-refractivity contribution is 7.92. The predicted octanol–water partition coefficient (Wildman–Crippen LogP) is 5.91. The van der Waals surface area contributed by atoms with E-state index in [2.05, 4.69) is 25.2 Å². The number of benzene rings is 3. The Morgan fingerprint density at radius 2 is 1.58 bits per heavy atom. The van der Waals surface area contributed by atoms with Gasteiger partial charge in [-0.25, -0.2) is 8.42 Å². The summed E-state index contributed by atoms with van der Waals surface area (Å²) in [5, 5.41) is 2.99. The first kappa shape index (κ1) is 29.0. The van der Waals surface area contributed by atoms with Gasteiger partial charge in [-0.2, -0.15) is 0 Å². The first-order chi connectivity index (χ1) is 18.0. The van der Waals surface area contributed by atoms with E-state index in [-0.39, 0.29) is 23.4 Å². The number of rotatable bonds is 11. The molecule has 1 N–H and O–H groups in total. The maximum Gasteiger partial charge on any atom is 0.264 e. The van der Waals surface area contributed by atoms with Crippen LogP contribution in [0.2, 0.25) is 0 Å². The molecule has 1 atom stereocenters. The minimum absolute atomic E-state index is 0.116. The van der Waals surface area contributed by atoms with Crippen LogP contribution in [-0.2, 0) is 14.8 Å². The molecule has 0 aliphatic heterocycles. The molecule has 38 heavy (non-hydrogen) atoms. The van der Waals surface area contributed by atoms with Crippen molar-refractivity contribution in [2.75, 3.05) is 24.6 Å². The number of methoxy groups -OCH3 is 1. The Labute approximate surface area is 226 Å². The summed E-state index contributed by atoms with van der Waals surface area (Å²) in [5.41, 5.74) is 4.30. The van der Waals surface area contributed by atoms with Crippen molar-refractivity contribution in [3.05, 3.63) is 82.9 Å².